The fourth-order valence-corrected chi connectivity index (χ4v) is 3.03. The van der Waals surface area contributed by atoms with Gasteiger partial charge in [-0.3, -0.25) is 0 Å². The van der Waals surface area contributed by atoms with Crippen molar-refractivity contribution in [2.24, 2.45) is 0 Å². The Kier molecular flexibility index (Phi) is 30.3. The third kappa shape index (κ3) is 29.6. The first-order chi connectivity index (χ1) is 15.7. The number of rotatable bonds is 27. The van der Waals surface area contributed by atoms with Crippen molar-refractivity contribution in [3.63, 3.8) is 0 Å². The van der Waals surface area contributed by atoms with E-state index in [0.717, 1.165) is 11.8 Å². The molecule has 0 aliphatic carbocycles. The van der Waals surface area contributed by atoms with E-state index in [1.54, 1.807) is 0 Å². The van der Waals surface area contributed by atoms with Crippen LogP contribution in [0.2, 0.25) is 0 Å². The molecule has 0 saturated heterocycles. The van der Waals surface area contributed by atoms with E-state index < -0.39 is 0 Å². The zero-order valence-corrected chi connectivity index (χ0v) is 25.0. The van der Waals surface area contributed by atoms with Crippen LogP contribution in [0.25, 0.3) is 0 Å². The number of ether oxygens (including phenoxy) is 8. The molecule has 1 atom stereocenters. The van der Waals surface area contributed by atoms with E-state index in [4.69, 9.17) is 37.9 Å². The van der Waals surface area contributed by atoms with Gasteiger partial charge >= 0.3 is 0 Å². The first-order valence-electron chi connectivity index (χ1n) is 10.8. The summed E-state index contributed by atoms with van der Waals surface area (Å²) in [5, 5.41) is 0.845. The lowest BCUT2D eigenvalue weighted by molar-refractivity contribution is -0.00410. The van der Waals surface area contributed by atoms with Crippen LogP contribution in [0, 0.1) is 0 Å². The van der Waals surface area contributed by atoms with Gasteiger partial charge in [0, 0.05) is 16.8 Å². The Hall–Kier alpha value is 1.60. The van der Waals surface area contributed by atoms with Gasteiger partial charge in [0.2, 0.25) is 0 Å². The highest BCUT2D eigenvalue weighted by atomic mass is 79.9. The molecule has 0 radical (unpaired) electrons. The molecule has 0 N–H and O–H groups in total. The van der Waals surface area contributed by atoms with Gasteiger partial charge in [-0.05, 0) is 6.42 Å². The lowest BCUT2D eigenvalue weighted by Gasteiger charge is -2.12. The summed E-state index contributed by atoms with van der Waals surface area (Å²) in [5.41, 5.74) is 0. The average Bonchev–Trinajstić information content (AvgIpc) is 2.77. The molecule has 12 heteroatoms. The molecule has 0 rings (SSSR count). The van der Waals surface area contributed by atoms with E-state index >= 15 is 0 Å². The quantitative estimate of drug-likeness (QED) is 0.0937. The molecule has 0 aliphatic rings. The second-order valence-corrected chi connectivity index (χ2v) is 11.8. The third-order valence-corrected chi connectivity index (χ3v) is 5.15. The molecule has 194 valence electrons. The van der Waals surface area contributed by atoms with Gasteiger partial charge in [-0.2, -0.15) is 0 Å². The molecule has 1 unspecified atom stereocenters. The Morgan fingerprint density at radius 1 is 0.406 bits per heavy atom. The van der Waals surface area contributed by atoms with Crippen molar-refractivity contribution >= 4 is 63.7 Å². The molecule has 0 fully saturated rings. The van der Waals surface area contributed by atoms with Crippen LogP contribution in [0.4, 0.5) is 0 Å². The van der Waals surface area contributed by atoms with E-state index in [-0.39, 0.29) is 8.56 Å². The van der Waals surface area contributed by atoms with Gasteiger partial charge in [0.25, 0.3) is 0 Å². The lowest BCUT2D eigenvalue weighted by Crippen LogP contribution is -2.16. The largest absolute Gasteiger partial charge is 0.379 e. The van der Waals surface area contributed by atoms with Crippen LogP contribution in [0.15, 0.2) is 0 Å². The number of halogens is 4. The van der Waals surface area contributed by atoms with Gasteiger partial charge in [-0.25, -0.2) is 0 Å². The maximum absolute atomic E-state index is 5.59. The van der Waals surface area contributed by atoms with Crippen LogP contribution in [0.3, 0.4) is 0 Å². The summed E-state index contributed by atoms with van der Waals surface area (Å²) in [7, 11) is 0. The summed E-state index contributed by atoms with van der Waals surface area (Å²) in [4.78, 5) is 0.256. The second kappa shape index (κ2) is 28.8. The molecule has 0 aliphatic heterocycles. The van der Waals surface area contributed by atoms with Gasteiger partial charge in [0.05, 0.1) is 103 Å². The molecule has 0 amide bonds. The van der Waals surface area contributed by atoms with Gasteiger partial charge in [-0.1, -0.05) is 63.7 Å². The normalized spacial score (nSPS) is 12.7. The number of alkyl halides is 4. The SMILES string of the molecule is BrCCOCCOCCOCCOCC(Br)CCOCCOCCOCCOCC(Br)Br. The van der Waals surface area contributed by atoms with E-state index in [0.29, 0.717) is 106 Å². The second-order valence-electron chi connectivity index (χ2n) is 6.29. The lowest BCUT2D eigenvalue weighted by atomic mass is 10.3. The first-order valence-corrected chi connectivity index (χ1v) is 14.6. The van der Waals surface area contributed by atoms with Crippen LogP contribution in [0.1, 0.15) is 6.42 Å². The van der Waals surface area contributed by atoms with E-state index in [1.807, 2.05) is 0 Å². The van der Waals surface area contributed by atoms with Crippen LogP contribution < -0.4 is 0 Å². The van der Waals surface area contributed by atoms with Crippen LogP contribution >= 0.6 is 63.7 Å². The van der Waals surface area contributed by atoms with Gasteiger partial charge in [0.15, 0.2) is 0 Å². The van der Waals surface area contributed by atoms with Crippen molar-refractivity contribution in [1.29, 1.82) is 0 Å². The van der Waals surface area contributed by atoms with Crippen LogP contribution in [0.5, 0.6) is 0 Å². The van der Waals surface area contributed by atoms with Gasteiger partial charge < -0.3 is 37.9 Å². The van der Waals surface area contributed by atoms with Crippen LogP contribution in [-0.2, 0) is 37.9 Å². The smallest absolute Gasteiger partial charge is 0.0930 e. The molecule has 0 aromatic heterocycles. The Morgan fingerprint density at radius 2 is 0.750 bits per heavy atom. The Bertz CT molecular complexity index is 360. The molecule has 0 bridgehead atoms. The summed E-state index contributed by atoms with van der Waals surface area (Å²) in [6.45, 7) is 9.42. The van der Waals surface area contributed by atoms with Crippen molar-refractivity contribution in [2.75, 3.05) is 111 Å². The standard InChI is InChI=1S/C20H38Br4O8/c21-2-4-26-6-8-28-10-11-29-13-15-31-17-19(22)1-3-25-5-7-27-9-12-30-14-16-32-18-20(23)24/h19-20H,1-18H2. The fourth-order valence-electron chi connectivity index (χ4n) is 2.05. The summed E-state index contributed by atoms with van der Waals surface area (Å²) in [6.07, 6.45) is 0.874. The van der Waals surface area contributed by atoms with Gasteiger partial charge in [0.1, 0.15) is 0 Å². The summed E-state index contributed by atoms with van der Waals surface area (Å²) < 4.78 is 43.7. The predicted octanol–water partition coefficient (Wildman–Crippen LogP) is 3.78. The summed E-state index contributed by atoms with van der Waals surface area (Å²) >= 11 is 13.6. The third-order valence-electron chi connectivity index (χ3n) is 3.57. The predicted molar refractivity (Wildman–Crippen MR) is 139 cm³/mol. The highest BCUT2D eigenvalue weighted by Crippen LogP contribution is 2.07. The molecule has 0 saturated carbocycles. The van der Waals surface area contributed by atoms with E-state index in [1.165, 1.54) is 0 Å². The first kappa shape index (κ1) is 33.6. The highest BCUT2D eigenvalue weighted by molar-refractivity contribution is 9.24. The average molecular weight is 726 g/mol. The molecule has 32 heavy (non-hydrogen) atoms. The molecule has 8 nitrogen and oxygen atoms in total. The van der Waals surface area contributed by atoms with E-state index in [9.17, 15) is 0 Å². The minimum atomic E-state index is 0.182. The maximum atomic E-state index is 5.59. The van der Waals surface area contributed by atoms with Crippen molar-refractivity contribution in [2.45, 2.75) is 15.0 Å². The number of hydrogen-bond donors (Lipinski definition) is 0. The van der Waals surface area contributed by atoms with Crippen molar-refractivity contribution in [3.8, 4) is 0 Å². The molecular weight excluding hydrogens is 688 g/mol. The van der Waals surface area contributed by atoms with Gasteiger partial charge in [-0.15, -0.1) is 0 Å². The molecule has 0 aromatic rings. The molecule has 0 aromatic carbocycles. The maximum Gasteiger partial charge on any atom is 0.0930 e. The van der Waals surface area contributed by atoms with Crippen molar-refractivity contribution in [1.82, 2.24) is 0 Å². The highest BCUT2D eigenvalue weighted by Gasteiger charge is 2.04. The van der Waals surface area contributed by atoms with Crippen molar-refractivity contribution in [3.05, 3.63) is 0 Å². The van der Waals surface area contributed by atoms with Crippen molar-refractivity contribution < 1.29 is 37.9 Å². The Labute approximate surface area is 226 Å². The fraction of sp³-hybridized carbons (Fsp3) is 1.00. The summed E-state index contributed by atoms with van der Waals surface area (Å²) in [5.74, 6) is 0. The Morgan fingerprint density at radius 3 is 1.16 bits per heavy atom. The summed E-state index contributed by atoms with van der Waals surface area (Å²) in [6, 6.07) is 0. The zero-order chi connectivity index (χ0) is 23.5. The minimum absolute atomic E-state index is 0.182. The zero-order valence-electron chi connectivity index (χ0n) is 18.7. The van der Waals surface area contributed by atoms with E-state index in [2.05, 4.69) is 63.7 Å². The topological polar surface area (TPSA) is 73.8 Å². The Balaban J connectivity index is 3.14. The van der Waals surface area contributed by atoms with Crippen LogP contribution in [-0.4, -0.2) is 120 Å². The number of hydrogen-bond acceptors (Lipinski definition) is 8. The molecular formula is C20H38Br4O8. The monoisotopic (exact) mass is 722 g/mol. The molecule has 0 heterocycles. The minimum Gasteiger partial charge on any atom is -0.379 e. The molecule has 0 spiro atoms.